The molecular weight excluding hydrogens is 773 g/mol. The highest BCUT2D eigenvalue weighted by atomic mass is 127. The van der Waals surface area contributed by atoms with Crippen LogP contribution in [0.25, 0.3) is 6.08 Å². The highest BCUT2D eigenvalue weighted by molar-refractivity contribution is 14.1. The molecule has 0 amide bonds. The fourth-order valence-electron chi connectivity index (χ4n) is 4.98. The number of fused-ring (bicyclic) bond motifs is 1. The van der Waals surface area contributed by atoms with Crippen LogP contribution in [-0.4, -0.2) is 31.4 Å². The minimum Gasteiger partial charge on any atom is -0.496 e. The summed E-state index contributed by atoms with van der Waals surface area (Å²) in [6, 6.07) is 17.8. The van der Waals surface area contributed by atoms with Gasteiger partial charge in [0.15, 0.2) is 16.3 Å². The van der Waals surface area contributed by atoms with E-state index in [4.69, 9.17) is 18.9 Å². The van der Waals surface area contributed by atoms with Gasteiger partial charge in [0.1, 0.15) is 12.4 Å². The van der Waals surface area contributed by atoms with E-state index in [2.05, 4.69) is 49.6 Å². The van der Waals surface area contributed by atoms with Gasteiger partial charge in [-0.1, -0.05) is 35.6 Å². The maximum absolute atomic E-state index is 14.1. The molecule has 0 saturated heterocycles. The molecule has 3 aromatic carbocycles. The van der Waals surface area contributed by atoms with Crippen molar-refractivity contribution in [1.82, 2.24) is 4.57 Å². The summed E-state index contributed by atoms with van der Waals surface area (Å²) < 4.78 is 26.0. The summed E-state index contributed by atoms with van der Waals surface area (Å²) >= 11 is 6.93. The Hall–Kier alpha value is -3.93. The Labute approximate surface area is 285 Å². The fraction of sp³-hybridized carbons (Fsp3) is 0.212. The Balaban J connectivity index is 1.59. The SMILES string of the molecule is CCOC(=O)C1=C(C)N=c2s/c(=C/c3cc(I)c(OCc4ccccc4C#N)c(OC)c3)c(=O)n2[C@@H]1c1ccc(OC)c(Br)c1. The minimum atomic E-state index is -0.758. The summed E-state index contributed by atoms with van der Waals surface area (Å²) in [5.41, 5.74) is 3.20. The number of carbonyl (C=O) groups is 1. The zero-order valence-corrected chi connectivity index (χ0v) is 29.3. The number of halogens is 2. The van der Waals surface area contributed by atoms with Gasteiger partial charge in [-0.15, -0.1) is 0 Å². The van der Waals surface area contributed by atoms with E-state index >= 15 is 0 Å². The molecule has 0 saturated carbocycles. The Bertz CT molecular complexity index is 2060. The van der Waals surface area contributed by atoms with Crippen molar-refractivity contribution in [3.63, 3.8) is 0 Å². The van der Waals surface area contributed by atoms with Gasteiger partial charge in [-0.05, 0) is 99.9 Å². The molecule has 0 radical (unpaired) electrons. The molecule has 1 aliphatic rings. The van der Waals surface area contributed by atoms with Gasteiger partial charge >= 0.3 is 5.97 Å². The van der Waals surface area contributed by atoms with E-state index in [0.717, 1.165) is 14.7 Å². The Morgan fingerprint density at radius 3 is 2.60 bits per heavy atom. The summed E-state index contributed by atoms with van der Waals surface area (Å²) in [6.07, 6.45) is 1.77. The van der Waals surface area contributed by atoms with Gasteiger partial charge in [-0.3, -0.25) is 9.36 Å². The molecule has 5 rings (SSSR count). The Morgan fingerprint density at radius 1 is 1.16 bits per heavy atom. The van der Waals surface area contributed by atoms with Gasteiger partial charge in [-0.2, -0.15) is 5.26 Å². The lowest BCUT2D eigenvalue weighted by atomic mass is 9.96. The highest BCUT2D eigenvalue weighted by Gasteiger charge is 2.33. The van der Waals surface area contributed by atoms with Crippen molar-refractivity contribution >= 4 is 61.9 Å². The van der Waals surface area contributed by atoms with Crippen LogP contribution in [0.4, 0.5) is 0 Å². The summed E-state index contributed by atoms with van der Waals surface area (Å²) in [6.45, 7) is 3.86. The third-order valence-electron chi connectivity index (χ3n) is 7.07. The zero-order valence-electron chi connectivity index (χ0n) is 24.7. The van der Waals surface area contributed by atoms with Gasteiger partial charge in [-0.25, -0.2) is 9.79 Å². The van der Waals surface area contributed by atoms with Crippen molar-refractivity contribution in [1.29, 1.82) is 5.26 Å². The van der Waals surface area contributed by atoms with Gasteiger partial charge < -0.3 is 18.9 Å². The number of carbonyl (C=O) groups excluding carboxylic acids is 1. The number of ether oxygens (including phenoxy) is 4. The van der Waals surface area contributed by atoms with Crippen LogP contribution < -0.4 is 29.1 Å². The van der Waals surface area contributed by atoms with Crippen LogP contribution in [0.1, 0.15) is 42.1 Å². The summed E-state index contributed by atoms with van der Waals surface area (Å²) in [7, 11) is 3.12. The van der Waals surface area contributed by atoms with Crippen LogP contribution in [0.15, 0.2) is 80.1 Å². The molecule has 0 N–H and O–H groups in total. The number of nitrogens with zero attached hydrogens (tertiary/aromatic N) is 3. The van der Waals surface area contributed by atoms with Crippen LogP contribution in [0.3, 0.4) is 0 Å². The number of rotatable bonds is 9. The number of aromatic nitrogens is 1. The van der Waals surface area contributed by atoms with E-state index in [-0.39, 0.29) is 18.8 Å². The van der Waals surface area contributed by atoms with Crippen LogP contribution in [0.2, 0.25) is 0 Å². The number of benzene rings is 3. The summed E-state index contributed by atoms with van der Waals surface area (Å²) in [4.78, 5) is 32.4. The highest BCUT2D eigenvalue weighted by Crippen LogP contribution is 2.36. The molecule has 1 atom stereocenters. The number of esters is 1. The van der Waals surface area contributed by atoms with Crippen LogP contribution in [-0.2, 0) is 16.1 Å². The van der Waals surface area contributed by atoms with Crippen molar-refractivity contribution in [2.24, 2.45) is 4.99 Å². The maximum atomic E-state index is 14.1. The molecule has 4 aromatic rings. The second-order valence-electron chi connectivity index (χ2n) is 9.79. The van der Waals surface area contributed by atoms with Crippen molar-refractivity contribution in [3.8, 4) is 23.3 Å². The first-order chi connectivity index (χ1) is 21.7. The van der Waals surface area contributed by atoms with E-state index < -0.39 is 12.0 Å². The standard InChI is InChI=1S/C33H27BrIN3O6S/c1-5-43-32(40)28-18(2)37-33-38(29(28)20-10-11-25(41-3)23(34)15-20)31(39)27(45-33)14-19-12-24(35)30(26(13-19)42-4)44-17-22-9-7-6-8-21(22)16-36/h6-15,29H,5,17H2,1-4H3/b27-14+/t29-/m1/s1. The lowest BCUT2D eigenvalue weighted by molar-refractivity contribution is -0.139. The lowest BCUT2D eigenvalue weighted by Gasteiger charge is -2.25. The van der Waals surface area contributed by atoms with Crippen LogP contribution >= 0.6 is 49.9 Å². The molecule has 12 heteroatoms. The second kappa shape index (κ2) is 14.0. The van der Waals surface area contributed by atoms with Crippen LogP contribution in [0, 0.1) is 14.9 Å². The Morgan fingerprint density at radius 2 is 1.91 bits per heavy atom. The van der Waals surface area contributed by atoms with Crippen molar-refractivity contribution in [2.45, 2.75) is 26.5 Å². The minimum absolute atomic E-state index is 0.185. The summed E-state index contributed by atoms with van der Waals surface area (Å²) in [5.74, 6) is 1.10. The number of hydrogen-bond acceptors (Lipinski definition) is 9. The molecule has 0 aliphatic carbocycles. The fourth-order valence-corrected chi connectivity index (χ4v) is 7.37. The van der Waals surface area contributed by atoms with Gasteiger partial charge in [0.05, 0.1) is 62.3 Å². The predicted octanol–water partition coefficient (Wildman–Crippen LogP) is 5.63. The van der Waals surface area contributed by atoms with Gasteiger partial charge in [0.25, 0.3) is 5.56 Å². The average Bonchev–Trinajstić information content (AvgIpc) is 3.33. The molecule has 0 bridgehead atoms. The number of hydrogen-bond donors (Lipinski definition) is 0. The van der Waals surface area contributed by atoms with Crippen molar-refractivity contribution in [3.05, 3.63) is 116 Å². The van der Waals surface area contributed by atoms with Crippen molar-refractivity contribution in [2.75, 3.05) is 20.8 Å². The van der Waals surface area contributed by atoms with E-state index in [0.29, 0.717) is 53.5 Å². The molecule has 1 aliphatic heterocycles. The maximum Gasteiger partial charge on any atom is 0.338 e. The predicted molar refractivity (Wildman–Crippen MR) is 182 cm³/mol. The topological polar surface area (TPSA) is 112 Å². The number of nitriles is 1. The molecule has 45 heavy (non-hydrogen) atoms. The molecule has 2 heterocycles. The monoisotopic (exact) mass is 799 g/mol. The molecule has 1 aromatic heterocycles. The third-order valence-corrected chi connectivity index (χ3v) is 9.47. The normalized spacial score (nSPS) is 14.3. The summed E-state index contributed by atoms with van der Waals surface area (Å²) in [5, 5.41) is 9.42. The van der Waals surface area contributed by atoms with Gasteiger partial charge in [0, 0.05) is 5.56 Å². The quantitative estimate of drug-likeness (QED) is 0.159. The van der Waals surface area contributed by atoms with E-state index in [1.165, 1.54) is 15.9 Å². The largest absolute Gasteiger partial charge is 0.496 e. The smallest absolute Gasteiger partial charge is 0.338 e. The molecule has 0 spiro atoms. The lowest BCUT2D eigenvalue weighted by Crippen LogP contribution is -2.40. The Kier molecular flexibility index (Phi) is 10.1. The average molecular weight is 800 g/mol. The van der Waals surface area contributed by atoms with E-state index in [1.807, 2.05) is 36.4 Å². The van der Waals surface area contributed by atoms with E-state index in [1.54, 1.807) is 52.3 Å². The van der Waals surface area contributed by atoms with Crippen LogP contribution in [0.5, 0.6) is 17.2 Å². The number of allylic oxidation sites excluding steroid dienone is 1. The zero-order chi connectivity index (χ0) is 32.2. The van der Waals surface area contributed by atoms with Gasteiger partial charge in [0.2, 0.25) is 0 Å². The second-order valence-corrected chi connectivity index (χ2v) is 12.8. The first-order valence-corrected chi connectivity index (χ1v) is 16.4. The number of methoxy groups -OCH3 is 2. The first kappa shape index (κ1) is 32.5. The van der Waals surface area contributed by atoms with Crippen molar-refractivity contribution < 1.29 is 23.7 Å². The molecule has 0 unspecified atom stereocenters. The van der Waals surface area contributed by atoms with E-state index in [9.17, 15) is 14.9 Å². The third kappa shape index (κ3) is 6.56. The molecular formula is C33H27BrIN3O6S. The first-order valence-electron chi connectivity index (χ1n) is 13.7. The molecule has 0 fully saturated rings. The number of thiazole rings is 1. The molecule has 230 valence electrons. The molecule has 9 nitrogen and oxygen atoms in total.